The molecule has 0 saturated carbocycles. The fourth-order valence-corrected chi connectivity index (χ4v) is 2.68. The first-order valence-electron chi connectivity index (χ1n) is 9.93. The molecule has 0 aliphatic carbocycles. The van der Waals surface area contributed by atoms with Crippen LogP contribution in [0.4, 0.5) is 34.5 Å². The average molecular weight is 434 g/mol. The van der Waals surface area contributed by atoms with Crippen molar-refractivity contribution in [2.24, 2.45) is 0 Å². The summed E-state index contributed by atoms with van der Waals surface area (Å²) in [7, 11) is -12.0. The molecule has 0 bridgehead atoms. The SMILES string of the molecule is CC[N+](CC)(CC)CC.CC[N+](CC)(CC)CC.F[B-](F)(F)F.F[B-](F)(F)F. The van der Waals surface area contributed by atoms with E-state index in [4.69, 9.17) is 0 Å². The van der Waals surface area contributed by atoms with Crippen LogP contribution in [0.3, 0.4) is 0 Å². The van der Waals surface area contributed by atoms with Gasteiger partial charge in [0.1, 0.15) is 0 Å². The summed E-state index contributed by atoms with van der Waals surface area (Å²) in [5.74, 6) is 0. The van der Waals surface area contributed by atoms with E-state index >= 15 is 0 Å². The standard InChI is InChI=1S/2C8H20N.2BF4/c2*1-5-9(6-2,7-3)8-4;2*2-1(3,4)5/h2*5-8H2,1-4H3;;/q2*+1;2*-1. The molecule has 12 heteroatoms. The Morgan fingerprint density at radius 2 is 0.429 bits per heavy atom. The molecule has 28 heavy (non-hydrogen) atoms. The van der Waals surface area contributed by atoms with Crippen LogP contribution in [-0.4, -0.2) is 75.8 Å². The number of hydrogen-bond acceptors (Lipinski definition) is 0. The third kappa shape index (κ3) is 27.7. The lowest BCUT2D eigenvalue weighted by Gasteiger charge is -2.34. The Kier molecular flexibility index (Phi) is 21.7. The Morgan fingerprint density at radius 3 is 0.429 bits per heavy atom. The number of hydrogen-bond donors (Lipinski definition) is 0. The van der Waals surface area contributed by atoms with E-state index in [1.807, 2.05) is 0 Å². The highest BCUT2D eigenvalue weighted by Crippen LogP contribution is 2.07. The fourth-order valence-electron chi connectivity index (χ4n) is 2.68. The molecule has 0 rings (SSSR count). The Hall–Kier alpha value is -0.510. The summed E-state index contributed by atoms with van der Waals surface area (Å²) >= 11 is 0. The average Bonchev–Trinajstić information content (AvgIpc) is 2.58. The maximum Gasteiger partial charge on any atom is 0.673 e. The molecule has 0 fully saturated rings. The minimum Gasteiger partial charge on any atom is -0.418 e. The molecular formula is C16H40B2F8N2. The van der Waals surface area contributed by atoms with E-state index in [0.717, 1.165) is 0 Å². The lowest BCUT2D eigenvalue weighted by molar-refractivity contribution is -0.921. The molecule has 0 aliphatic heterocycles. The Balaban J connectivity index is -0.000000143. The lowest BCUT2D eigenvalue weighted by Crippen LogP contribution is -2.47. The van der Waals surface area contributed by atoms with Crippen LogP contribution in [0.5, 0.6) is 0 Å². The Labute approximate surface area is 166 Å². The molecule has 0 radical (unpaired) electrons. The van der Waals surface area contributed by atoms with Crippen LogP contribution in [-0.2, 0) is 0 Å². The van der Waals surface area contributed by atoms with E-state index in [9.17, 15) is 34.5 Å². The van der Waals surface area contributed by atoms with Gasteiger partial charge in [-0.05, 0) is 55.4 Å². The van der Waals surface area contributed by atoms with Gasteiger partial charge in [-0.2, -0.15) is 0 Å². The van der Waals surface area contributed by atoms with Crippen molar-refractivity contribution in [3.05, 3.63) is 0 Å². The van der Waals surface area contributed by atoms with Crippen molar-refractivity contribution < 1.29 is 43.5 Å². The third-order valence-corrected chi connectivity index (χ3v) is 5.37. The summed E-state index contributed by atoms with van der Waals surface area (Å²) in [5.41, 5.74) is 0. The first-order valence-corrected chi connectivity index (χ1v) is 9.93. The molecule has 0 amide bonds. The van der Waals surface area contributed by atoms with Crippen LogP contribution < -0.4 is 0 Å². The molecule has 0 aromatic rings. The molecule has 176 valence electrons. The number of quaternary nitrogens is 2. The van der Waals surface area contributed by atoms with Gasteiger partial charge < -0.3 is 43.5 Å². The molecule has 0 unspecified atom stereocenters. The Morgan fingerprint density at radius 1 is 0.357 bits per heavy atom. The van der Waals surface area contributed by atoms with Crippen molar-refractivity contribution in [1.82, 2.24) is 0 Å². The summed E-state index contributed by atoms with van der Waals surface area (Å²) < 4.78 is 80.6. The van der Waals surface area contributed by atoms with Gasteiger partial charge in [0.15, 0.2) is 0 Å². The van der Waals surface area contributed by atoms with Crippen molar-refractivity contribution in [3.63, 3.8) is 0 Å². The summed E-state index contributed by atoms with van der Waals surface area (Å²) in [6, 6.07) is 0. The highest BCUT2D eigenvalue weighted by atomic mass is 19.5. The van der Waals surface area contributed by atoms with Gasteiger partial charge in [0.2, 0.25) is 0 Å². The molecule has 0 atom stereocenters. The second-order valence-electron chi connectivity index (χ2n) is 6.20. The molecule has 0 aromatic heterocycles. The maximum atomic E-state index is 9.75. The van der Waals surface area contributed by atoms with Crippen LogP contribution in [0.2, 0.25) is 0 Å². The topological polar surface area (TPSA) is 0 Å². The van der Waals surface area contributed by atoms with E-state index in [1.54, 1.807) is 0 Å². The lowest BCUT2D eigenvalue weighted by atomic mass is 10.3. The largest absolute Gasteiger partial charge is 0.673 e. The smallest absolute Gasteiger partial charge is 0.418 e. The van der Waals surface area contributed by atoms with Gasteiger partial charge in [-0.3, -0.25) is 0 Å². The van der Waals surface area contributed by atoms with E-state index in [2.05, 4.69) is 55.4 Å². The second kappa shape index (κ2) is 17.4. The van der Waals surface area contributed by atoms with Crippen molar-refractivity contribution in [2.75, 3.05) is 52.4 Å². The zero-order chi connectivity index (χ0) is 23.7. The van der Waals surface area contributed by atoms with E-state index in [1.165, 1.54) is 61.3 Å². The number of rotatable bonds is 8. The highest BCUT2D eigenvalue weighted by Gasteiger charge is 2.21. The second-order valence-corrected chi connectivity index (χ2v) is 6.20. The normalized spacial score (nSPS) is 12.0. The van der Waals surface area contributed by atoms with Crippen LogP contribution in [0.25, 0.3) is 0 Å². The van der Waals surface area contributed by atoms with Crippen LogP contribution in [0.1, 0.15) is 55.4 Å². The predicted octanol–water partition coefficient (Wildman–Crippen LogP) is 6.37. The third-order valence-electron chi connectivity index (χ3n) is 5.37. The molecule has 0 spiro atoms. The number of nitrogens with zero attached hydrogens (tertiary/aromatic N) is 2. The van der Waals surface area contributed by atoms with Crippen LogP contribution in [0.15, 0.2) is 0 Å². The fraction of sp³-hybridized carbons (Fsp3) is 1.00. The summed E-state index contributed by atoms with van der Waals surface area (Å²) in [6.07, 6.45) is 0. The van der Waals surface area contributed by atoms with Crippen molar-refractivity contribution in [1.29, 1.82) is 0 Å². The summed E-state index contributed by atoms with van der Waals surface area (Å²) in [6.45, 7) is 28.4. The van der Waals surface area contributed by atoms with Crippen LogP contribution in [0, 0.1) is 0 Å². The van der Waals surface area contributed by atoms with Crippen molar-refractivity contribution in [3.8, 4) is 0 Å². The Bertz CT molecular complexity index is 253. The van der Waals surface area contributed by atoms with Gasteiger partial charge >= 0.3 is 14.5 Å². The highest BCUT2D eigenvalue weighted by molar-refractivity contribution is 6.50. The quantitative estimate of drug-likeness (QED) is 0.237. The van der Waals surface area contributed by atoms with Gasteiger partial charge in [-0.25, -0.2) is 0 Å². The minimum atomic E-state index is -6.00. The number of halogens is 8. The molecule has 2 nitrogen and oxygen atoms in total. The maximum absolute atomic E-state index is 9.75. The molecule has 0 aliphatic rings. The van der Waals surface area contributed by atoms with E-state index in [-0.39, 0.29) is 0 Å². The van der Waals surface area contributed by atoms with Gasteiger partial charge in [0.05, 0.1) is 52.4 Å². The van der Waals surface area contributed by atoms with E-state index in [0.29, 0.717) is 0 Å². The minimum absolute atomic E-state index is 1.28. The molecule has 0 heterocycles. The van der Waals surface area contributed by atoms with Crippen LogP contribution >= 0.6 is 0 Å². The zero-order valence-corrected chi connectivity index (χ0v) is 18.7. The summed E-state index contributed by atoms with van der Waals surface area (Å²) in [4.78, 5) is 0. The molecular weight excluding hydrogens is 394 g/mol. The zero-order valence-electron chi connectivity index (χ0n) is 18.7. The predicted molar refractivity (Wildman–Crippen MR) is 105 cm³/mol. The van der Waals surface area contributed by atoms with Gasteiger partial charge in [0, 0.05) is 0 Å². The first-order chi connectivity index (χ1) is 12.5. The first kappa shape index (κ1) is 35.0. The summed E-state index contributed by atoms with van der Waals surface area (Å²) in [5, 5.41) is 0. The molecule has 0 aromatic carbocycles. The van der Waals surface area contributed by atoms with Gasteiger partial charge in [-0.1, -0.05) is 0 Å². The van der Waals surface area contributed by atoms with Gasteiger partial charge in [0.25, 0.3) is 0 Å². The molecule has 0 saturated heterocycles. The van der Waals surface area contributed by atoms with E-state index < -0.39 is 14.5 Å². The molecule has 0 N–H and O–H groups in total. The van der Waals surface area contributed by atoms with Crippen molar-refractivity contribution >= 4 is 14.5 Å². The van der Waals surface area contributed by atoms with Gasteiger partial charge in [-0.15, -0.1) is 0 Å². The monoisotopic (exact) mass is 434 g/mol. The van der Waals surface area contributed by atoms with Crippen molar-refractivity contribution in [2.45, 2.75) is 55.4 Å².